The Labute approximate surface area is 106 Å². The van der Waals surface area contributed by atoms with Crippen molar-refractivity contribution in [3.05, 3.63) is 23.8 Å². The molecule has 2 N–H and O–H groups in total. The molecular formula is C13H18N2O3. The molecule has 1 aromatic rings. The number of fused-ring (bicyclic) bond motifs is 1. The maximum absolute atomic E-state index is 11.9. The number of ether oxygens (including phenoxy) is 2. The van der Waals surface area contributed by atoms with Gasteiger partial charge in [-0.15, -0.1) is 0 Å². The van der Waals surface area contributed by atoms with E-state index < -0.39 is 6.04 Å². The quantitative estimate of drug-likeness (QED) is 0.869. The summed E-state index contributed by atoms with van der Waals surface area (Å²) in [6.45, 7) is 5.06. The molecule has 0 aromatic heterocycles. The molecule has 1 aliphatic heterocycles. The van der Waals surface area contributed by atoms with Gasteiger partial charge < -0.3 is 20.1 Å². The van der Waals surface area contributed by atoms with Gasteiger partial charge in [-0.3, -0.25) is 4.79 Å². The topological polar surface area (TPSA) is 64.8 Å². The van der Waals surface area contributed by atoms with Gasteiger partial charge in [0.25, 0.3) is 0 Å². The highest BCUT2D eigenvalue weighted by atomic mass is 16.7. The molecule has 1 aliphatic rings. The summed E-state index contributed by atoms with van der Waals surface area (Å²) in [5, 5.41) is 0. The zero-order chi connectivity index (χ0) is 13.1. The van der Waals surface area contributed by atoms with Crippen LogP contribution in [0.1, 0.15) is 19.4 Å². The van der Waals surface area contributed by atoms with Crippen molar-refractivity contribution in [1.82, 2.24) is 4.90 Å². The lowest BCUT2D eigenvalue weighted by atomic mass is 10.1. The number of carbonyl (C=O) groups is 1. The number of benzene rings is 1. The molecule has 0 fully saturated rings. The van der Waals surface area contributed by atoms with Crippen molar-refractivity contribution in [3.8, 4) is 11.5 Å². The Morgan fingerprint density at radius 2 is 2.17 bits per heavy atom. The standard InChI is InChI=1S/C13H18N2O3/c1-3-15(13(16)9(2)14)7-10-4-5-11-12(6-10)18-8-17-11/h4-6,9H,3,7-8,14H2,1-2H3/t9-/m0/s1. The minimum atomic E-state index is -0.473. The Hall–Kier alpha value is -1.75. The summed E-state index contributed by atoms with van der Waals surface area (Å²) < 4.78 is 10.6. The molecule has 1 amide bonds. The summed E-state index contributed by atoms with van der Waals surface area (Å²) in [4.78, 5) is 13.6. The van der Waals surface area contributed by atoms with Gasteiger partial charge in [0.2, 0.25) is 12.7 Å². The smallest absolute Gasteiger partial charge is 0.239 e. The van der Waals surface area contributed by atoms with Gasteiger partial charge in [0.05, 0.1) is 6.04 Å². The molecular weight excluding hydrogens is 232 g/mol. The van der Waals surface area contributed by atoms with E-state index in [4.69, 9.17) is 15.2 Å². The van der Waals surface area contributed by atoms with Crippen molar-refractivity contribution in [2.24, 2.45) is 5.73 Å². The van der Waals surface area contributed by atoms with E-state index >= 15 is 0 Å². The first kappa shape index (κ1) is 12.7. The minimum absolute atomic E-state index is 0.0461. The van der Waals surface area contributed by atoms with E-state index in [1.165, 1.54) is 0 Å². The van der Waals surface area contributed by atoms with E-state index in [1.54, 1.807) is 11.8 Å². The number of hydrogen-bond donors (Lipinski definition) is 1. The normalized spacial score (nSPS) is 14.4. The van der Waals surface area contributed by atoms with Crippen LogP contribution in [0.4, 0.5) is 0 Å². The Kier molecular flexibility index (Phi) is 3.72. The second kappa shape index (κ2) is 5.27. The minimum Gasteiger partial charge on any atom is -0.454 e. The lowest BCUT2D eigenvalue weighted by Crippen LogP contribution is -2.41. The number of nitrogens with zero attached hydrogens (tertiary/aromatic N) is 1. The Morgan fingerprint density at radius 1 is 1.44 bits per heavy atom. The molecule has 0 radical (unpaired) electrons. The molecule has 98 valence electrons. The molecule has 2 rings (SSSR count). The lowest BCUT2D eigenvalue weighted by Gasteiger charge is -2.23. The van der Waals surface area contributed by atoms with Crippen LogP contribution in [0, 0.1) is 0 Å². The summed E-state index contributed by atoms with van der Waals surface area (Å²) in [5.74, 6) is 1.44. The third kappa shape index (κ3) is 2.56. The Balaban J connectivity index is 2.10. The van der Waals surface area contributed by atoms with Crippen molar-refractivity contribution >= 4 is 5.91 Å². The molecule has 0 unspecified atom stereocenters. The number of amides is 1. The molecule has 0 saturated heterocycles. The van der Waals surface area contributed by atoms with Crippen LogP contribution in [0.5, 0.6) is 11.5 Å². The average molecular weight is 250 g/mol. The summed E-state index contributed by atoms with van der Waals surface area (Å²) >= 11 is 0. The monoisotopic (exact) mass is 250 g/mol. The van der Waals surface area contributed by atoms with Crippen molar-refractivity contribution < 1.29 is 14.3 Å². The maximum atomic E-state index is 11.9. The average Bonchev–Trinajstić information content (AvgIpc) is 2.82. The fraction of sp³-hybridized carbons (Fsp3) is 0.462. The third-order valence-corrected chi connectivity index (χ3v) is 2.89. The van der Waals surface area contributed by atoms with E-state index in [-0.39, 0.29) is 12.7 Å². The second-order valence-corrected chi connectivity index (χ2v) is 4.33. The zero-order valence-electron chi connectivity index (χ0n) is 10.7. The summed E-state index contributed by atoms with van der Waals surface area (Å²) in [5.41, 5.74) is 6.63. The van der Waals surface area contributed by atoms with E-state index in [9.17, 15) is 4.79 Å². The SMILES string of the molecule is CCN(Cc1ccc2c(c1)OCO2)C(=O)[C@H](C)N. The number of nitrogens with two attached hydrogens (primary N) is 1. The molecule has 1 heterocycles. The van der Waals surface area contributed by atoms with Gasteiger partial charge in [0.15, 0.2) is 11.5 Å². The van der Waals surface area contributed by atoms with Crippen LogP contribution in [0.3, 0.4) is 0 Å². The highest BCUT2D eigenvalue weighted by Crippen LogP contribution is 2.32. The lowest BCUT2D eigenvalue weighted by molar-refractivity contribution is -0.132. The summed E-state index contributed by atoms with van der Waals surface area (Å²) in [6.07, 6.45) is 0. The van der Waals surface area contributed by atoms with E-state index in [1.807, 2.05) is 25.1 Å². The van der Waals surface area contributed by atoms with Crippen LogP contribution in [-0.4, -0.2) is 30.2 Å². The Bertz CT molecular complexity index is 446. The highest BCUT2D eigenvalue weighted by Gasteiger charge is 2.18. The van der Waals surface area contributed by atoms with Crippen LogP contribution >= 0.6 is 0 Å². The molecule has 5 nitrogen and oxygen atoms in total. The number of rotatable bonds is 4. The summed E-state index contributed by atoms with van der Waals surface area (Å²) in [7, 11) is 0. The largest absolute Gasteiger partial charge is 0.454 e. The van der Waals surface area contributed by atoms with Crippen molar-refractivity contribution in [3.63, 3.8) is 0 Å². The van der Waals surface area contributed by atoms with E-state index in [0.717, 1.165) is 17.1 Å². The van der Waals surface area contributed by atoms with Gasteiger partial charge in [-0.1, -0.05) is 6.07 Å². The van der Waals surface area contributed by atoms with Gasteiger partial charge in [-0.25, -0.2) is 0 Å². The fourth-order valence-electron chi connectivity index (χ4n) is 1.89. The maximum Gasteiger partial charge on any atom is 0.239 e. The molecule has 1 atom stereocenters. The van der Waals surface area contributed by atoms with Crippen LogP contribution in [0.2, 0.25) is 0 Å². The van der Waals surface area contributed by atoms with Crippen molar-refractivity contribution in [2.45, 2.75) is 26.4 Å². The van der Waals surface area contributed by atoms with Crippen LogP contribution in [0.25, 0.3) is 0 Å². The second-order valence-electron chi connectivity index (χ2n) is 4.33. The van der Waals surface area contributed by atoms with Gasteiger partial charge in [0.1, 0.15) is 0 Å². The Morgan fingerprint density at radius 3 is 2.83 bits per heavy atom. The van der Waals surface area contributed by atoms with Gasteiger partial charge in [0, 0.05) is 13.1 Å². The predicted octanol–water partition coefficient (Wildman–Crippen LogP) is 1.11. The van der Waals surface area contributed by atoms with Gasteiger partial charge >= 0.3 is 0 Å². The molecule has 18 heavy (non-hydrogen) atoms. The fourth-order valence-corrected chi connectivity index (χ4v) is 1.89. The first-order valence-corrected chi connectivity index (χ1v) is 6.04. The number of hydrogen-bond acceptors (Lipinski definition) is 4. The van der Waals surface area contributed by atoms with E-state index in [0.29, 0.717) is 13.1 Å². The van der Waals surface area contributed by atoms with Gasteiger partial charge in [-0.2, -0.15) is 0 Å². The van der Waals surface area contributed by atoms with Crippen LogP contribution in [0.15, 0.2) is 18.2 Å². The molecule has 0 aliphatic carbocycles. The molecule has 5 heteroatoms. The summed E-state index contributed by atoms with van der Waals surface area (Å²) in [6, 6.07) is 5.23. The first-order valence-electron chi connectivity index (χ1n) is 6.04. The van der Waals surface area contributed by atoms with Gasteiger partial charge in [-0.05, 0) is 31.5 Å². The zero-order valence-corrected chi connectivity index (χ0v) is 10.7. The van der Waals surface area contributed by atoms with E-state index in [2.05, 4.69) is 0 Å². The number of likely N-dealkylation sites (N-methyl/N-ethyl adjacent to an activating group) is 1. The van der Waals surface area contributed by atoms with Crippen molar-refractivity contribution in [1.29, 1.82) is 0 Å². The molecule has 1 aromatic carbocycles. The first-order chi connectivity index (χ1) is 8.61. The predicted molar refractivity (Wildman–Crippen MR) is 67.3 cm³/mol. The van der Waals surface area contributed by atoms with Crippen molar-refractivity contribution in [2.75, 3.05) is 13.3 Å². The van der Waals surface area contributed by atoms with Crippen LogP contribution < -0.4 is 15.2 Å². The van der Waals surface area contributed by atoms with Crippen LogP contribution in [-0.2, 0) is 11.3 Å². The molecule has 0 bridgehead atoms. The third-order valence-electron chi connectivity index (χ3n) is 2.89. The highest BCUT2D eigenvalue weighted by molar-refractivity contribution is 5.81. The number of carbonyl (C=O) groups excluding carboxylic acids is 1. The molecule has 0 saturated carbocycles. The molecule has 0 spiro atoms.